The van der Waals surface area contributed by atoms with Crippen molar-refractivity contribution in [1.29, 1.82) is 5.26 Å². The molecule has 0 bridgehead atoms. The Bertz CT molecular complexity index is 327. The van der Waals surface area contributed by atoms with Gasteiger partial charge in [-0.05, 0) is 0 Å². The molecule has 0 heterocycles. The first kappa shape index (κ1) is 14.1. The molecule has 0 aliphatic heterocycles. The van der Waals surface area contributed by atoms with Gasteiger partial charge in [0.25, 0.3) is 0 Å². The van der Waals surface area contributed by atoms with Crippen LogP contribution in [0.1, 0.15) is 5.56 Å². The Kier molecular flexibility index (Phi) is 6.65. The molecule has 0 unspecified atom stereocenters. The molecule has 1 rings (SSSR count). The molecular weight excluding hydrogens is 224 g/mol. The van der Waals surface area contributed by atoms with E-state index in [-0.39, 0.29) is 0 Å². The van der Waals surface area contributed by atoms with E-state index < -0.39 is 7.25 Å². The van der Waals surface area contributed by atoms with Crippen LogP contribution in [-0.2, 0) is 0 Å². The normalized spacial score (nSPS) is 9.79. The fourth-order valence-electron chi connectivity index (χ4n) is 0.698. The van der Waals surface area contributed by atoms with Crippen LogP contribution in [0, 0.1) is 11.3 Å². The standard InChI is InChI=1S/C7H4N.BF4.K/c8-6-7-4-2-1-3-5-7;2-1(3,4)5;/h1-4H;;/q;-1;. The first-order chi connectivity index (χ1) is 6.34. The van der Waals surface area contributed by atoms with Gasteiger partial charge >= 0.3 is 97.0 Å². The van der Waals surface area contributed by atoms with Gasteiger partial charge in [-0.25, -0.2) is 0 Å². The van der Waals surface area contributed by atoms with Crippen LogP contribution in [0.5, 0.6) is 0 Å². The number of hydrogen-bond acceptors (Lipinski definition) is 1. The first-order valence-corrected chi connectivity index (χ1v) is 5.24. The summed E-state index contributed by atoms with van der Waals surface area (Å²) in [4.78, 5) is 0. The van der Waals surface area contributed by atoms with Crippen LogP contribution in [0.3, 0.4) is 0 Å². The van der Waals surface area contributed by atoms with E-state index in [4.69, 9.17) is 5.26 Å². The molecule has 0 N–H and O–H groups in total. The van der Waals surface area contributed by atoms with Crippen molar-refractivity contribution in [3.63, 3.8) is 0 Å². The molecule has 1 nitrogen and oxygen atoms in total. The maximum absolute atomic E-state index is 9.75. The second kappa shape index (κ2) is 6.58. The third-order valence-corrected chi connectivity index (χ3v) is 2.63. The summed E-state index contributed by atoms with van der Waals surface area (Å²) in [5.41, 5.74) is 0.845. The SMILES string of the molecule is F[B-](F)(F)F.N#Cc1cccc[c]1[K]. The molecule has 0 aliphatic carbocycles. The van der Waals surface area contributed by atoms with Crippen LogP contribution in [0.15, 0.2) is 24.3 Å². The van der Waals surface area contributed by atoms with Crippen molar-refractivity contribution in [3.8, 4) is 6.07 Å². The molecule has 1 aromatic carbocycles. The summed E-state index contributed by atoms with van der Waals surface area (Å²) >= 11 is 0.624. The van der Waals surface area contributed by atoms with Crippen molar-refractivity contribution in [1.82, 2.24) is 0 Å². The van der Waals surface area contributed by atoms with Crippen molar-refractivity contribution >= 4 is 55.9 Å². The van der Waals surface area contributed by atoms with Gasteiger partial charge in [0.15, 0.2) is 0 Å². The molecule has 0 radical (unpaired) electrons. The molecule has 0 aliphatic rings. The molecule has 0 spiro atoms. The van der Waals surface area contributed by atoms with E-state index in [1.54, 1.807) is 0 Å². The zero-order valence-corrected chi connectivity index (χ0v) is 10.5. The maximum atomic E-state index is 9.75. The molecule has 7 heteroatoms. The fraction of sp³-hybridized carbons (Fsp3) is 0. The minimum atomic E-state index is -6.00. The van der Waals surface area contributed by atoms with E-state index >= 15 is 0 Å². The Morgan fingerprint density at radius 3 is 1.86 bits per heavy atom. The minimum absolute atomic E-state index is 0.624. The quantitative estimate of drug-likeness (QED) is 0.489. The summed E-state index contributed by atoms with van der Waals surface area (Å²) in [6.45, 7) is 0. The predicted molar refractivity (Wildman–Crippen MR) is 46.7 cm³/mol. The number of benzene rings is 1. The Balaban J connectivity index is 0.000000292. The molecule has 0 fully saturated rings. The van der Waals surface area contributed by atoms with E-state index in [0.29, 0.717) is 49.0 Å². The molecule has 0 saturated heterocycles. The number of halogens is 4. The van der Waals surface area contributed by atoms with Gasteiger partial charge < -0.3 is 17.3 Å². The third kappa shape index (κ3) is 8.72. The number of nitriles is 1. The van der Waals surface area contributed by atoms with Gasteiger partial charge in [0, 0.05) is 0 Å². The van der Waals surface area contributed by atoms with E-state index in [1.807, 2.05) is 24.3 Å². The van der Waals surface area contributed by atoms with Crippen LogP contribution in [0.25, 0.3) is 0 Å². The number of hydrogen-bond donors (Lipinski definition) is 0. The summed E-state index contributed by atoms with van der Waals surface area (Å²) in [6, 6.07) is 9.89. The summed E-state index contributed by atoms with van der Waals surface area (Å²) in [6.07, 6.45) is 0. The zero-order valence-electron chi connectivity index (χ0n) is 7.35. The molecule has 0 aromatic heterocycles. The van der Waals surface area contributed by atoms with E-state index in [1.165, 1.54) is -0.342 Å². The van der Waals surface area contributed by atoms with Gasteiger partial charge in [-0.3, -0.25) is 0 Å². The van der Waals surface area contributed by atoms with Crippen molar-refractivity contribution in [3.05, 3.63) is 29.8 Å². The Morgan fingerprint density at radius 2 is 1.57 bits per heavy atom. The monoisotopic (exact) mass is 228 g/mol. The van der Waals surface area contributed by atoms with Gasteiger partial charge in [-0.1, -0.05) is 0 Å². The van der Waals surface area contributed by atoms with Crippen LogP contribution >= 0.6 is 0 Å². The van der Waals surface area contributed by atoms with Gasteiger partial charge in [-0.15, -0.1) is 0 Å². The molecule has 0 saturated carbocycles. The summed E-state index contributed by atoms with van der Waals surface area (Å²) in [5, 5.41) is 8.50. The molecular formula is C7H4BF4KN-. The third-order valence-electron chi connectivity index (χ3n) is 1.27. The Morgan fingerprint density at radius 1 is 1.14 bits per heavy atom. The average Bonchev–Trinajstić information content (AvgIpc) is 2.02. The van der Waals surface area contributed by atoms with Gasteiger partial charge in [-0.2, -0.15) is 0 Å². The second-order valence-corrected chi connectivity index (χ2v) is 4.10. The summed E-state index contributed by atoms with van der Waals surface area (Å²) in [7, 11) is -6.00. The van der Waals surface area contributed by atoms with Crippen LogP contribution in [-0.4, -0.2) is 56.2 Å². The zero-order chi connectivity index (χ0) is 11.2. The first-order valence-electron chi connectivity index (χ1n) is 3.67. The summed E-state index contributed by atoms with van der Waals surface area (Å²) in [5.74, 6) is 0. The van der Waals surface area contributed by atoms with Crippen molar-refractivity contribution < 1.29 is 17.3 Å². The molecule has 70 valence electrons. The van der Waals surface area contributed by atoms with E-state index in [2.05, 4.69) is 6.07 Å². The van der Waals surface area contributed by atoms with Crippen molar-refractivity contribution in [2.24, 2.45) is 0 Å². The van der Waals surface area contributed by atoms with E-state index in [9.17, 15) is 17.3 Å². The molecule has 14 heavy (non-hydrogen) atoms. The van der Waals surface area contributed by atoms with Gasteiger partial charge in [0.1, 0.15) is 0 Å². The van der Waals surface area contributed by atoms with Crippen LogP contribution in [0.4, 0.5) is 17.3 Å². The fourth-order valence-corrected chi connectivity index (χ4v) is 1.43. The Labute approximate surface area is 113 Å². The van der Waals surface area contributed by atoms with Gasteiger partial charge in [0.2, 0.25) is 0 Å². The van der Waals surface area contributed by atoms with Crippen LogP contribution < -0.4 is -0.342 Å². The number of nitrogens with zero attached hydrogens (tertiary/aromatic N) is 1. The van der Waals surface area contributed by atoms with Crippen molar-refractivity contribution in [2.45, 2.75) is 0 Å². The van der Waals surface area contributed by atoms with E-state index in [0.717, 1.165) is 5.56 Å². The number of rotatable bonds is 0. The molecule has 0 amide bonds. The Hall–Kier alpha value is 0.131. The van der Waals surface area contributed by atoms with Crippen molar-refractivity contribution in [2.75, 3.05) is 0 Å². The van der Waals surface area contributed by atoms with Gasteiger partial charge in [0.05, 0.1) is 0 Å². The molecule has 1 aromatic rings. The predicted octanol–water partition coefficient (Wildman–Crippen LogP) is 1.65. The average molecular weight is 228 g/mol. The summed E-state index contributed by atoms with van der Waals surface area (Å²) < 4.78 is 40.2. The van der Waals surface area contributed by atoms with Crippen LogP contribution in [0.2, 0.25) is 0 Å². The second-order valence-electron chi connectivity index (χ2n) is 2.42. The topological polar surface area (TPSA) is 23.8 Å². The molecule has 0 atom stereocenters.